The van der Waals surface area contributed by atoms with Crippen LogP contribution in [0.2, 0.25) is 0 Å². The summed E-state index contributed by atoms with van der Waals surface area (Å²) in [6.45, 7) is 4.05. The van der Waals surface area contributed by atoms with Crippen molar-refractivity contribution in [1.29, 1.82) is 0 Å². The average molecular weight is 425 g/mol. The van der Waals surface area contributed by atoms with Crippen LogP contribution in [0.15, 0.2) is 41.2 Å². The van der Waals surface area contributed by atoms with Crippen LogP contribution in [0, 0.1) is 13.8 Å². The van der Waals surface area contributed by atoms with E-state index in [1.807, 2.05) is 37.7 Å². The van der Waals surface area contributed by atoms with Gasteiger partial charge < -0.3 is 14.6 Å². The number of amides is 1. The predicted molar refractivity (Wildman–Crippen MR) is 116 cm³/mol. The zero-order chi connectivity index (χ0) is 20.9. The molecule has 0 bridgehead atoms. The van der Waals surface area contributed by atoms with E-state index in [0.29, 0.717) is 22.9 Å². The third-order valence-corrected chi connectivity index (χ3v) is 6.14. The van der Waals surface area contributed by atoms with Gasteiger partial charge in [-0.3, -0.25) is 9.78 Å². The van der Waals surface area contributed by atoms with Crippen molar-refractivity contribution in [1.82, 2.24) is 20.4 Å². The molecule has 1 N–H and O–H groups in total. The van der Waals surface area contributed by atoms with Crippen LogP contribution in [0.1, 0.15) is 40.2 Å². The Kier molecular flexibility index (Phi) is 6.32. The van der Waals surface area contributed by atoms with E-state index in [1.165, 1.54) is 0 Å². The molecule has 1 aliphatic heterocycles. The predicted octanol–water partition coefficient (Wildman–Crippen LogP) is 3.95. The van der Waals surface area contributed by atoms with Crippen molar-refractivity contribution < 1.29 is 14.1 Å². The summed E-state index contributed by atoms with van der Waals surface area (Å²) in [5.41, 5.74) is 3.90. The van der Waals surface area contributed by atoms with E-state index in [0.717, 1.165) is 41.2 Å². The molecular weight excluding hydrogens is 400 g/mol. The molecular formula is C22H24N4O3S. The average Bonchev–Trinajstić information content (AvgIpc) is 3.14. The Bertz CT molecular complexity index is 996. The molecule has 3 aromatic heterocycles. The lowest BCUT2D eigenvalue weighted by Crippen LogP contribution is -2.37. The van der Waals surface area contributed by atoms with E-state index in [9.17, 15) is 4.79 Å². The second kappa shape index (κ2) is 9.30. The van der Waals surface area contributed by atoms with E-state index in [4.69, 9.17) is 9.26 Å². The number of thioether (sulfide) groups is 1. The summed E-state index contributed by atoms with van der Waals surface area (Å²) in [4.78, 5) is 21.0. The zero-order valence-electron chi connectivity index (χ0n) is 17.1. The summed E-state index contributed by atoms with van der Waals surface area (Å²) < 4.78 is 11.2. The topological polar surface area (TPSA) is 90.1 Å². The van der Waals surface area contributed by atoms with Crippen LogP contribution in [-0.4, -0.2) is 38.6 Å². The first-order chi connectivity index (χ1) is 14.6. The number of aromatic nitrogens is 3. The fourth-order valence-corrected chi connectivity index (χ4v) is 4.36. The molecule has 1 saturated heterocycles. The van der Waals surface area contributed by atoms with Crippen LogP contribution in [0.5, 0.6) is 5.88 Å². The molecule has 0 radical (unpaired) electrons. The van der Waals surface area contributed by atoms with Gasteiger partial charge in [0.05, 0.1) is 11.1 Å². The minimum Gasteiger partial charge on any atom is -0.473 e. The van der Waals surface area contributed by atoms with Gasteiger partial charge in [0.1, 0.15) is 18.1 Å². The van der Waals surface area contributed by atoms with Crippen LogP contribution < -0.4 is 10.1 Å². The highest BCUT2D eigenvalue weighted by atomic mass is 32.2. The maximum absolute atomic E-state index is 12.4. The third-order valence-electron chi connectivity index (χ3n) is 5.09. The molecule has 30 heavy (non-hydrogen) atoms. The van der Waals surface area contributed by atoms with Gasteiger partial charge in [-0.05, 0) is 56.4 Å². The summed E-state index contributed by atoms with van der Waals surface area (Å²) in [5, 5.41) is 7.24. The Labute approximate surface area is 179 Å². The van der Waals surface area contributed by atoms with Gasteiger partial charge in [0.25, 0.3) is 5.91 Å². The molecule has 156 valence electrons. The normalized spacial score (nSPS) is 14.5. The number of pyridine rings is 2. The number of hydrogen-bond donors (Lipinski definition) is 1. The van der Waals surface area contributed by atoms with Crippen molar-refractivity contribution in [2.75, 3.05) is 11.5 Å². The molecule has 0 spiro atoms. The first-order valence-corrected chi connectivity index (χ1v) is 11.1. The Morgan fingerprint density at radius 3 is 2.70 bits per heavy atom. The number of rotatable bonds is 6. The Morgan fingerprint density at radius 1 is 1.17 bits per heavy atom. The molecule has 0 unspecified atom stereocenters. The molecule has 7 nitrogen and oxygen atoms in total. The number of carbonyl (C=O) groups is 1. The van der Waals surface area contributed by atoms with Gasteiger partial charge in [0.2, 0.25) is 5.88 Å². The van der Waals surface area contributed by atoms with Crippen molar-refractivity contribution in [2.24, 2.45) is 0 Å². The Hall–Kier alpha value is -2.87. The number of nitrogens with zero attached hydrogens (tertiary/aromatic N) is 3. The van der Waals surface area contributed by atoms with Gasteiger partial charge in [-0.25, -0.2) is 4.98 Å². The van der Waals surface area contributed by atoms with Gasteiger partial charge >= 0.3 is 0 Å². The van der Waals surface area contributed by atoms with E-state index >= 15 is 0 Å². The molecule has 1 fully saturated rings. The van der Waals surface area contributed by atoms with Gasteiger partial charge in [-0.1, -0.05) is 5.16 Å². The van der Waals surface area contributed by atoms with Gasteiger partial charge in [0, 0.05) is 35.8 Å². The Balaban J connectivity index is 1.39. The van der Waals surface area contributed by atoms with Crippen LogP contribution in [-0.2, 0) is 6.61 Å². The second-order valence-electron chi connectivity index (χ2n) is 7.29. The number of nitrogens with one attached hydrogen (secondary N) is 1. The SMILES string of the molecule is Cc1ccc(-c2noc(C)c2COc2ccc(C(=O)NC3CCSCC3)cn2)cn1. The lowest BCUT2D eigenvalue weighted by molar-refractivity contribution is 0.0934. The molecule has 4 rings (SSSR count). The quantitative estimate of drug-likeness (QED) is 0.641. The lowest BCUT2D eigenvalue weighted by Gasteiger charge is -2.22. The van der Waals surface area contributed by atoms with Crippen LogP contribution in [0.3, 0.4) is 0 Å². The van der Waals surface area contributed by atoms with Gasteiger partial charge in [0.15, 0.2) is 0 Å². The number of carbonyl (C=O) groups excluding carboxylic acids is 1. The number of aryl methyl sites for hydroxylation is 2. The molecule has 0 aliphatic carbocycles. The van der Waals surface area contributed by atoms with E-state index in [2.05, 4.69) is 20.4 Å². The standard InChI is InChI=1S/C22H24N4O3S/c1-14-3-4-16(11-23-14)21-19(15(2)29-26-21)13-28-20-6-5-17(12-24-20)22(27)25-18-7-9-30-10-8-18/h3-6,11-12,18H,7-10,13H2,1-2H3,(H,25,27). The highest BCUT2D eigenvalue weighted by molar-refractivity contribution is 7.99. The van der Waals surface area contributed by atoms with E-state index < -0.39 is 0 Å². The number of ether oxygens (including phenoxy) is 1. The molecule has 8 heteroatoms. The van der Waals surface area contributed by atoms with Crippen molar-refractivity contribution in [3.63, 3.8) is 0 Å². The first-order valence-electron chi connectivity index (χ1n) is 9.96. The maximum atomic E-state index is 12.4. The van der Waals surface area contributed by atoms with Gasteiger partial charge in [-0.15, -0.1) is 0 Å². The fraction of sp³-hybridized carbons (Fsp3) is 0.364. The minimum atomic E-state index is -0.0880. The van der Waals surface area contributed by atoms with Crippen LogP contribution in [0.25, 0.3) is 11.3 Å². The van der Waals surface area contributed by atoms with Crippen LogP contribution in [0.4, 0.5) is 0 Å². The van der Waals surface area contributed by atoms with E-state index in [-0.39, 0.29) is 18.6 Å². The molecule has 0 saturated carbocycles. The maximum Gasteiger partial charge on any atom is 0.253 e. The van der Waals surface area contributed by atoms with Crippen molar-refractivity contribution in [2.45, 2.75) is 39.3 Å². The first kappa shape index (κ1) is 20.4. The summed E-state index contributed by atoms with van der Waals surface area (Å²) in [6, 6.07) is 7.59. The minimum absolute atomic E-state index is 0.0880. The summed E-state index contributed by atoms with van der Waals surface area (Å²) in [7, 11) is 0. The van der Waals surface area contributed by atoms with E-state index in [1.54, 1.807) is 24.5 Å². The lowest BCUT2D eigenvalue weighted by atomic mass is 10.1. The monoisotopic (exact) mass is 424 g/mol. The smallest absolute Gasteiger partial charge is 0.253 e. The third kappa shape index (κ3) is 4.81. The largest absolute Gasteiger partial charge is 0.473 e. The van der Waals surface area contributed by atoms with Gasteiger partial charge in [-0.2, -0.15) is 11.8 Å². The van der Waals surface area contributed by atoms with Crippen molar-refractivity contribution in [3.05, 3.63) is 59.2 Å². The highest BCUT2D eigenvalue weighted by Gasteiger charge is 2.18. The Morgan fingerprint density at radius 2 is 2.00 bits per heavy atom. The number of hydrogen-bond acceptors (Lipinski definition) is 7. The summed E-state index contributed by atoms with van der Waals surface area (Å²) in [5.74, 6) is 3.23. The highest BCUT2D eigenvalue weighted by Crippen LogP contribution is 2.26. The molecule has 1 amide bonds. The molecule has 4 heterocycles. The van der Waals surface area contributed by atoms with Crippen LogP contribution >= 0.6 is 11.8 Å². The summed E-state index contributed by atoms with van der Waals surface area (Å²) >= 11 is 1.93. The van der Waals surface area contributed by atoms with Crippen molar-refractivity contribution in [3.8, 4) is 17.1 Å². The molecule has 0 aromatic carbocycles. The molecule has 3 aromatic rings. The second-order valence-corrected chi connectivity index (χ2v) is 8.51. The zero-order valence-corrected chi connectivity index (χ0v) is 17.9. The van der Waals surface area contributed by atoms with Crippen molar-refractivity contribution >= 4 is 17.7 Å². The fourth-order valence-electron chi connectivity index (χ4n) is 3.25. The molecule has 1 aliphatic rings. The summed E-state index contributed by atoms with van der Waals surface area (Å²) in [6.07, 6.45) is 5.35. The molecule has 0 atom stereocenters.